The molecule has 0 aliphatic carbocycles. The number of halogens is 4. The topological polar surface area (TPSA) is 103 Å². The summed E-state index contributed by atoms with van der Waals surface area (Å²) < 4.78 is 41.6. The first kappa shape index (κ1) is 31.7. The first-order chi connectivity index (χ1) is 19.7. The van der Waals surface area contributed by atoms with Crippen molar-refractivity contribution in [3.8, 4) is 5.75 Å². The smallest absolute Gasteiger partial charge is 0.337 e. The standard InChI is InChI=1S/C31H33Cl2F2N3O4/c1-30(2,3)15-24-31(36,19-11-10-17(32)14-21(19)34)25(18-7-6-8-20(33)26(18)35)27(38-24)28(39)37-22-12-9-16(29(40)42-5)13-23(22)41-4/h6-14,24-25,27,38H,15,36H2,1-5H3,(H,37,39). The highest BCUT2D eigenvalue weighted by atomic mass is 35.5. The number of ether oxygens (including phenoxy) is 2. The van der Waals surface area contributed by atoms with E-state index in [1.807, 2.05) is 20.8 Å². The Labute approximate surface area is 253 Å². The van der Waals surface area contributed by atoms with Crippen molar-refractivity contribution in [1.82, 2.24) is 5.32 Å². The fourth-order valence-corrected chi connectivity index (χ4v) is 5.99. The summed E-state index contributed by atoms with van der Waals surface area (Å²) in [6, 6.07) is 11.1. The molecule has 11 heteroatoms. The second-order valence-corrected chi connectivity index (χ2v) is 12.4. The van der Waals surface area contributed by atoms with Gasteiger partial charge in [0.1, 0.15) is 17.4 Å². The SMILES string of the molecule is COC(=O)c1ccc(NC(=O)C2NC(CC(C)(C)C)C(N)(c3ccc(Cl)cc3F)C2c2cccc(Cl)c2F)c(OC)c1. The number of nitrogens with one attached hydrogen (secondary N) is 2. The molecular formula is C31H33Cl2F2N3O4. The predicted molar refractivity (Wildman–Crippen MR) is 159 cm³/mol. The highest BCUT2D eigenvalue weighted by molar-refractivity contribution is 6.31. The van der Waals surface area contributed by atoms with E-state index in [2.05, 4.69) is 10.6 Å². The second kappa shape index (κ2) is 12.2. The Morgan fingerprint density at radius 1 is 1.07 bits per heavy atom. The third-order valence-electron chi connectivity index (χ3n) is 7.50. The average molecular weight is 621 g/mol. The van der Waals surface area contributed by atoms with Crippen LogP contribution in [0.5, 0.6) is 5.75 Å². The van der Waals surface area contributed by atoms with Gasteiger partial charge in [-0.2, -0.15) is 0 Å². The monoisotopic (exact) mass is 619 g/mol. The molecule has 3 aromatic carbocycles. The Hall–Kier alpha value is -3.24. The van der Waals surface area contributed by atoms with Crippen molar-refractivity contribution >= 4 is 40.8 Å². The Kier molecular flexibility index (Phi) is 9.18. The summed E-state index contributed by atoms with van der Waals surface area (Å²) in [6.07, 6.45) is 0.408. The molecule has 1 aliphatic rings. The third-order valence-corrected chi connectivity index (χ3v) is 8.03. The van der Waals surface area contributed by atoms with E-state index in [9.17, 15) is 9.59 Å². The number of hydrogen-bond donors (Lipinski definition) is 3. The van der Waals surface area contributed by atoms with Gasteiger partial charge in [-0.3, -0.25) is 4.79 Å². The quantitative estimate of drug-likeness (QED) is 0.264. The van der Waals surface area contributed by atoms with Gasteiger partial charge >= 0.3 is 5.97 Å². The number of carbonyl (C=O) groups excluding carboxylic acids is 2. The van der Waals surface area contributed by atoms with Gasteiger partial charge in [0.25, 0.3) is 0 Å². The van der Waals surface area contributed by atoms with Gasteiger partial charge in [0.05, 0.1) is 42.1 Å². The number of esters is 1. The Balaban J connectivity index is 1.88. The van der Waals surface area contributed by atoms with Crippen LogP contribution in [0.4, 0.5) is 14.5 Å². The third kappa shape index (κ3) is 6.10. The Morgan fingerprint density at radius 2 is 1.79 bits per heavy atom. The summed E-state index contributed by atoms with van der Waals surface area (Å²) in [5.74, 6) is -3.51. The zero-order chi connectivity index (χ0) is 31.0. The number of amides is 1. The van der Waals surface area contributed by atoms with E-state index in [4.69, 9.17) is 38.4 Å². The van der Waals surface area contributed by atoms with E-state index in [1.165, 1.54) is 56.7 Å². The minimum atomic E-state index is -1.62. The summed E-state index contributed by atoms with van der Waals surface area (Å²) in [5, 5.41) is 6.13. The summed E-state index contributed by atoms with van der Waals surface area (Å²) in [6.45, 7) is 5.97. The Morgan fingerprint density at radius 3 is 2.40 bits per heavy atom. The van der Waals surface area contributed by atoms with Crippen LogP contribution in [0.2, 0.25) is 10.0 Å². The molecule has 42 heavy (non-hydrogen) atoms. The summed E-state index contributed by atoms with van der Waals surface area (Å²) in [5.41, 5.74) is 5.88. The van der Waals surface area contributed by atoms with Gasteiger partial charge in [0.2, 0.25) is 5.91 Å². The molecule has 1 saturated heterocycles. The molecule has 4 atom stereocenters. The van der Waals surface area contributed by atoms with E-state index >= 15 is 8.78 Å². The van der Waals surface area contributed by atoms with Gasteiger partial charge in [-0.25, -0.2) is 13.6 Å². The van der Waals surface area contributed by atoms with E-state index in [0.29, 0.717) is 6.42 Å². The maximum Gasteiger partial charge on any atom is 0.337 e. The van der Waals surface area contributed by atoms with Crippen LogP contribution in [0.25, 0.3) is 0 Å². The summed E-state index contributed by atoms with van der Waals surface area (Å²) >= 11 is 12.3. The van der Waals surface area contributed by atoms with Crippen molar-refractivity contribution < 1.29 is 27.8 Å². The number of carbonyl (C=O) groups is 2. The van der Waals surface area contributed by atoms with Crippen LogP contribution in [0.15, 0.2) is 54.6 Å². The zero-order valence-electron chi connectivity index (χ0n) is 23.9. The van der Waals surface area contributed by atoms with Crippen LogP contribution in [0, 0.1) is 17.0 Å². The number of anilines is 1. The molecule has 3 aromatic rings. The zero-order valence-corrected chi connectivity index (χ0v) is 25.4. The first-order valence-electron chi connectivity index (χ1n) is 13.2. The first-order valence-corrected chi connectivity index (χ1v) is 14.0. The normalized spacial score (nSPS) is 22.1. The lowest BCUT2D eigenvalue weighted by Gasteiger charge is -2.40. The highest BCUT2D eigenvalue weighted by Gasteiger charge is 2.58. The molecule has 4 rings (SSSR count). The molecular weight excluding hydrogens is 587 g/mol. The van der Waals surface area contributed by atoms with Crippen molar-refractivity contribution in [3.05, 3.63) is 93.0 Å². The minimum Gasteiger partial charge on any atom is -0.495 e. The molecule has 0 bridgehead atoms. The van der Waals surface area contributed by atoms with Gasteiger partial charge < -0.3 is 25.8 Å². The molecule has 1 amide bonds. The lowest BCUT2D eigenvalue weighted by molar-refractivity contribution is -0.118. The van der Waals surface area contributed by atoms with Crippen molar-refractivity contribution in [2.45, 2.75) is 50.7 Å². The van der Waals surface area contributed by atoms with Gasteiger partial charge in [-0.1, -0.05) is 62.2 Å². The molecule has 224 valence electrons. The predicted octanol–water partition coefficient (Wildman–Crippen LogP) is 6.42. The van der Waals surface area contributed by atoms with Crippen molar-refractivity contribution in [2.75, 3.05) is 19.5 Å². The summed E-state index contributed by atoms with van der Waals surface area (Å²) in [7, 11) is 2.64. The molecule has 1 fully saturated rings. The van der Waals surface area contributed by atoms with Crippen molar-refractivity contribution in [1.29, 1.82) is 0 Å². The number of hydrogen-bond acceptors (Lipinski definition) is 6. The van der Waals surface area contributed by atoms with E-state index in [1.54, 1.807) is 6.07 Å². The molecule has 4 unspecified atom stereocenters. The molecule has 0 aromatic heterocycles. The van der Waals surface area contributed by atoms with Crippen LogP contribution in [-0.2, 0) is 15.1 Å². The largest absolute Gasteiger partial charge is 0.495 e. The van der Waals surface area contributed by atoms with Crippen molar-refractivity contribution in [2.24, 2.45) is 11.1 Å². The van der Waals surface area contributed by atoms with Crippen LogP contribution < -0.4 is 21.1 Å². The molecule has 7 nitrogen and oxygen atoms in total. The van der Waals surface area contributed by atoms with Crippen molar-refractivity contribution in [3.63, 3.8) is 0 Å². The van der Waals surface area contributed by atoms with E-state index < -0.39 is 47.1 Å². The molecule has 1 heterocycles. The molecule has 1 aliphatic heterocycles. The van der Waals surface area contributed by atoms with E-state index in [0.717, 1.165) is 6.07 Å². The van der Waals surface area contributed by atoms with Crippen LogP contribution in [0.1, 0.15) is 54.6 Å². The van der Waals surface area contributed by atoms with Gasteiger partial charge in [0.15, 0.2) is 0 Å². The van der Waals surface area contributed by atoms with Crippen LogP contribution in [-0.4, -0.2) is 38.2 Å². The molecule has 0 saturated carbocycles. The average Bonchev–Trinajstić information content (AvgIpc) is 3.20. The number of methoxy groups -OCH3 is 2. The summed E-state index contributed by atoms with van der Waals surface area (Å²) in [4.78, 5) is 26.1. The molecule has 0 radical (unpaired) electrons. The van der Waals surface area contributed by atoms with Crippen LogP contribution in [0.3, 0.4) is 0 Å². The minimum absolute atomic E-state index is 0.0522. The van der Waals surface area contributed by atoms with Crippen LogP contribution >= 0.6 is 23.2 Å². The lowest BCUT2D eigenvalue weighted by atomic mass is 9.68. The fourth-order valence-electron chi connectivity index (χ4n) is 5.65. The fraction of sp³-hybridized carbons (Fsp3) is 0.355. The second-order valence-electron chi connectivity index (χ2n) is 11.5. The number of benzene rings is 3. The van der Waals surface area contributed by atoms with Gasteiger partial charge in [-0.05, 0) is 53.8 Å². The van der Waals surface area contributed by atoms with E-state index in [-0.39, 0.29) is 43.6 Å². The number of nitrogens with two attached hydrogens (primary N) is 1. The van der Waals surface area contributed by atoms with Gasteiger partial charge in [0, 0.05) is 22.5 Å². The highest BCUT2D eigenvalue weighted by Crippen LogP contribution is 2.50. The maximum absolute atomic E-state index is 15.8. The maximum atomic E-state index is 15.8. The molecule has 0 spiro atoms. The Bertz CT molecular complexity index is 1510. The lowest BCUT2D eigenvalue weighted by Crippen LogP contribution is -2.52. The number of rotatable bonds is 7. The molecule has 4 N–H and O–H groups in total. The van der Waals surface area contributed by atoms with Gasteiger partial charge in [-0.15, -0.1) is 0 Å².